The molecule has 1 aliphatic rings. The van der Waals surface area contributed by atoms with Crippen LogP contribution in [0.2, 0.25) is 0 Å². The van der Waals surface area contributed by atoms with Gasteiger partial charge in [-0.05, 0) is 32.1 Å². The molecule has 1 heterocycles. The second kappa shape index (κ2) is 6.96. The molecule has 0 aromatic rings. The average molecular weight is 213 g/mol. The van der Waals surface area contributed by atoms with E-state index in [0.717, 1.165) is 38.9 Å². The Labute approximate surface area is 92.6 Å². The van der Waals surface area contributed by atoms with Gasteiger partial charge in [0.05, 0.1) is 6.54 Å². The second-order valence-electron chi connectivity index (χ2n) is 4.49. The number of nitrogens with one attached hydrogen (secondary N) is 1. The number of rotatable bonds is 6. The van der Waals surface area contributed by atoms with Crippen molar-refractivity contribution in [2.24, 2.45) is 5.92 Å². The first-order chi connectivity index (χ1) is 7.22. The van der Waals surface area contributed by atoms with Gasteiger partial charge in [0.2, 0.25) is 0 Å². The summed E-state index contributed by atoms with van der Waals surface area (Å²) in [6.07, 6.45) is 3.90. The molecule has 1 rings (SSSR count). The maximum absolute atomic E-state index is 11.6. The van der Waals surface area contributed by atoms with Crippen molar-refractivity contribution >= 4 is 5.78 Å². The molecule has 1 unspecified atom stereocenters. The Kier molecular flexibility index (Phi) is 5.88. The number of ketones is 1. The zero-order valence-corrected chi connectivity index (χ0v) is 9.92. The Bertz CT molecular complexity index is 188. The lowest BCUT2D eigenvalue weighted by Gasteiger charge is -2.21. The minimum atomic E-state index is 0.349. The lowest BCUT2D eigenvalue weighted by atomic mass is 9.94. The normalized spacial score (nSPS) is 20.1. The van der Waals surface area contributed by atoms with Crippen LogP contribution >= 0.6 is 0 Å². The molecule has 1 fully saturated rings. The van der Waals surface area contributed by atoms with Crippen LogP contribution in [-0.2, 0) is 9.53 Å². The summed E-state index contributed by atoms with van der Waals surface area (Å²) in [5, 5.41) is 3.24. The smallest absolute Gasteiger partial charge is 0.146 e. The molecule has 0 spiro atoms. The zero-order chi connectivity index (χ0) is 11.1. The molecule has 88 valence electrons. The molecule has 0 radical (unpaired) electrons. The third-order valence-electron chi connectivity index (χ3n) is 3.12. The summed E-state index contributed by atoms with van der Waals surface area (Å²) >= 11 is 0. The molecule has 0 aliphatic carbocycles. The Morgan fingerprint density at radius 3 is 2.73 bits per heavy atom. The number of hydrogen-bond acceptors (Lipinski definition) is 3. The van der Waals surface area contributed by atoms with Gasteiger partial charge in [-0.2, -0.15) is 0 Å². The van der Waals surface area contributed by atoms with Crippen molar-refractivity contribution in [3.63, 3.8) is 0 Å². The highest BCUT2D eigenvalue weighted by Crippen LogP contribution is 2.18. The van der Waals surface area contributed by atoms with Gasteiger partial charge in [-0.25, -0.2) is 0 Å². The quantitative estimate of drug-likeness (QED) is 0.730. The largest absolute Gasteiger partial charge is 0.381 e. The minimum Gasteiger partial charge on any atom is -0.381 e. The van der Waals surface area contributed by atoms with Crippen LogP contribution in [0, 0.1) is 5.92 Å². The molecule has 1 saturated heterocycles. The van der Waals surface area contributed by atoms with Crippen LogP contribution in [0.25, 0.3) is 0 Å². The van der Waals surface area contributed by atoms with Crippen molar-refractivity contribution in [2.45, 2.75) is 45.6 Å². The van der Waals surface area contributed by atoms with Crippen LogP contribution < -0.4 is 5.32 Å². The highest BCUT2D eigenvalue weighted by Gasteiger charge is 2.17. The average Bonchev–Trinajstić information content (AvgIpc) is 2.27. The van der Waals surface area contributed by atoms with E-state index < -0.39 is 0 Å². The van der Waals surface area contributed by atoms with Crippen LogP contribution in [0.4, 0.5) is 0 Å². The number of carbonyl (C=O) groups is 1. The van der Waals surface area contributed by atoms with Crippen molar-refractivity contribution in [2.75, 3.05) is 19.8 Å². The summed E-state index contributed by atoms with van der Waals surface area (Å²) in [6.45, 7) is 6.43. The van der Waals surface area contributed by atoms with Crippen LogP contribution in [0.15, 0.2) is 0 Å². The molecule has 15 heavy (non-hydrogen) atoms. The lowest BCUT2D eigenvalue weighted by molar-refractivity contribution is -0.119. The van der Waals surface area contributed by atoms with Crippen LogP contribution in [0.1, 0.15) is 39.5 Å². The van der Waals surface area contributed by atoms with Crippen LogP contribution in [0.5, 0.6) is 0 Å². The summed E-state index contributed by atoms with van der Waals surface area (Å²) < 4.78 is 5.27. The van der Waals surface area contributed by atoms with E-state index in [1.807, 2.05) is 0 Å². The van der Waals surface area contributed by atoms with E-state index >= 15 is 0 Å². The van der Waals surface area contributed by atoms with Crippen molar-refractivity contribution in [3.05, 3.63) is 0 Å². The SMILES string of the molecule is CCC(C)NCC(=O)CC1CCOCC1. The van der Waals surface area contributed by atoms with Gasteiger partial charge in [0.1, 0.15) is 5.78 Å². The number of ether oxygens (including phenoxy) is 1. The lowest BCUT2D eigenvalue weighted by Crippen LogP contribution is -2.32. The molecule has 0 saturated carbocycles. The zero-order valence-electron chi connectivity index (χ0n) is 9.92. The predicted molar refractivity (Wildman–Crippen MR) is 60.9 cm³/mol. The second-order valence-corrected chi connectivity index (χ2v) is 4.49. The standard InChI is InChI=1S/C12H23NO2/c1-3-10(2)13-9-12(14)8-11-4-6-15-7-5-11/h10-11,13H,3-9H2,1-2H3. The topological polar surface area (TPSA) is 38.3 Å². The first-order valence-corrected chi connectivity index (χ1v) is 6.05. The molecule has 0 amide bonds. The molecule has 1 N–H and O–H groups in total. The Morgan fingerprint density at radius 2 is 2.13 bits per heavy atom. The molecule has 0 aromatic carbocycles. The Morgan fingerprint density at radius 1 is 1.47 bits per heavy atom. The van der Waals surface area contributed by atoms with E-state index in [2.05, 4.69) is 19.2 Å². The van der Waals surface area contributed by atoms with Crippen LogP contribution in [0.3, 0.4) is 0 Å². The maximum atomic E-state index is 11.6. The number of hydrogen-bond donors (Lipinski definition) is 1. The first-order valence-electron chi connectivity index (χ1n) is 6.05. The van der Waals surface area contributed by atoms with Crippen molar-refractivity contribution < 1.29 is 9.53 Å². The Balaban J connectivity index is 2.11. The molecule has 0 bridgehead atoms. The van der Waals surface area contributed by atoms with Gasteiger partial charge in [0, 0.05) is 25.7 Å². The van der Waals surface area contributed by atoms with Gasteiger partial charge < -0.3 is 10.1 Å². The molecule has 1 atom stereocenters. The van der Waals surface area contributed by atoms with E-state index in [9.17, 15) is 4.79 Å². The molecule has 3 heteroatoms. The highest BCUT2D eigenvalue weighted by atomic mass is 16.5. The fourth-order valence-electron chi connectivity index (χ4n) is 1.78. The van der Waals surface area contributed by atoms with Gasteiger partial charge in [0.25, 0.3) is 0 Å². The summed E-state index contributed by atoms with van der Waals surface area (Å²) in [4.78, 5) is 11.6. The maximum Gasteiger partial charge on any atom is 0.146 e. The fraction of sp³-hybridized carbons (Fsp3) is 0.917. The number of Topliss-reactive ketones (excluding diaryl/α,β-unsaturated/α-hetero) is 1. The first kappa shape index (κ1) is 12.7. The molecular formula is C12H23NO2. The summed E-state index contributed by atoms with van der Waals surface area (Å²) in [6, 6.07) is 0.448. The molecule has 1 aliphatic heterocycles. The monoisotopic (exact) mass is 213 g/mol. The highest BCUT2D eigenvalue weighted by molar-refractivity contribution is 5.80. The third kappa shape index (κ3) is 5.28. The molecule has 0 aromatic heterocycles. The molecular weight excluding hydrogens is 190 g/mol. The van der Waals surface area contributed by atoms with Crippen molar-refractivity contribution in [1.29, 1.82) is 0 Å². The third-order valence-corrected chi connectivity index (χ3v) is 3.12. The molecule has 3 nitrogen and oxygen atoms in total. The van der Waals surface area contributed by atoms with Crippen LogP contribution in [-0.4, -0.2) is 31.6 Å². The van der Waals surface area contributed by atoms with Gasteiger partial charge in [0.15, 0.2) is 0 Å². The van der Waals surface area contributed by atoms with E-state index in [1.165, 1.54) is 0 Å². The van der Waals surface area contributed by atoms with Gasteiger partial charge in [-0.15, -0.1) is 0 Å². The van der Waals surface area contributed by atoms with E-state index in [-0.39, 0.29) is 0 Å². The Hall–Kier alpha value is -0.410. The summed E-state index contributed by atoms with van der Waals surface area (Å²) in [5.74, 6) is 0.909. The van der Waals surface area contributed by atoms with Gasteiger partial charge >= 0.3 is 0 Å². The number of carbonyl (C=O) groups excluding carboxylic acids is 1. The summed E-state index contributed by atoms with van der Waals surface area (Å²) in [5.41, 5.74) is 0. The predicted octanol–water partition coefficient (Wildman–Crippen LogP) is 1.76. The minimum absolute atomic E-state index is 0.349. The van der Waals surface area contributed by atoms with E-state index in [1.54, 1.807) is 0 Å². The van der Waals surface area contributed by atoms with Crippen molar-refractivity contribution in [1.82, 2.24) is 5.32 Å². The van der Waals surface area contributed by atoms with Gasteiger partial charge in [-0.1, -0.05) is 6.92 Å². The van der Waals surface area contributed by atoms with Gasteiger partial charge in [-0.3, -0.25) is 4.79 Å². The fourth-order valence-corrected chi connectivity index (χ4v) is 1.78. The van der Waals surface area contributed by atoms with E-state index in [4.69, 9.17) is 4.74 Å². The summed E-state index contributed by atoms with van der Waals surface area (Å²) in [7, 11) is 0. The van der Waals surface area contributed by atoms with E-state index in [0.29, 0.717) is 24.3 Å². The van der Waals surface area contributed by atoms with Crippen molar-refractivity contribution in [3.8, 4) is 0 Å².